The Morgan fingerprint density at radius 2 is 1.71 bits per heavy atom. The van der Waals surface area contributed by atoms with Gasteiger partial charge in [0, 0.05) is 6.04 Å². The van der Waals surface area contributed by atoms with Gasteiger partial charge in [-0.05, 0) is 36.7 Å². The van der Waals surface area contributed by atoms with Crippen LogP contribution in [0.4, 0.5) is 0 Å². The van der Waals surface area contributed by atoms with Gasteiger partial charge in [-0.3, -0.25) is 0 Å². The van der Waals surface area contributed by atoms with E-state index in [-0.39, 0.29) is 0 Å². The molecule has 0 amide bonds. The molecule has 17 heavy (non-hydrogen) atoms. The summed E-state index contributed by atoms with van der Waals surface area (Å²) in [7, 11) is 1.66. The highest BCUT2D eigenvalue weighted by molar-refractivity contribution is 5.31. The van der Waals surface area contributed by atoms with E-state index in [0.717, 1.165) is 18.0 Å². The molecule has 3 nitrogen and oxygen atoms in total. The summed E-state index contributed by atoms with van der Waals surface area (Å²) in [6.45, 7) is 8.17. The van der Waals surface area contributed by atoms with E-state index in [0.29, 0.717) is 18.6 Å². The third-order valence-corrected chi connectivity index (χ3v) is 2.76. The Balaban J connectivity index is 2.47. The summed E-state index contributed by atoms with van der Waals surface area (Å²) in [6.07, 6.45) is 0. The van der Waals surface area contributed by atoms with Crippen molar-refractivity contribution in [2.24, 2.45) is 5.92 Å². The van der Waals surface area contributed by atoms with Crippen LogP contribution in [0.3, 0.4) is 0 Å². The van der Waals surface area contributed by atoms with E-state index in [1.165, 1.54) is 0 Å². The van der Waals surface area contributed by atoms with Gasteiger partial charge in [-0.1, -0.05) is 20.8 Å². The Labute approximate surface area is 104 Å². The molecule has 0 fully saturated rings. The first-order valence-electron chi connectivity index (χ1n) is 6.17. The van der Waals surface area contributed by atoms with E-state index in [2.05, 4.69) is 26.1 Å². The van der Waals surface area contributed by atoms with Gasteiger partial charge in [0.1, 0.15) is 18.1 Å². The smallest absolute Gasteiger partial charge is 0.119 e. The first-order valence-corrected chi connectivity index (χ1v) is 6.17. The van der Waals surface area contributed by atoms with Gasteiger partial charge in [-0.25, -0.2) is 0 Å². The molecule has 0 aromatic heterocycles. The van der Waals surface area contributed by atoms with Gasteiger partial charge in [-0.15, -0.1) is 0 Å². The van der Waals surface area contributed by atoms with Gasteiger partial charge in [0.05, 0.1) is 7.11 Å². The summed E-state index contributed by atoms with van der Waals surface area (Å²) in [6, 6.07) is 8.08. The van der Waals surface area contributed by atoms with E-state index in [1.807, 2.05) is 24.3 Å². The maximum Gasteiger partial charge on any atom is 0.119 e. The molecular formula is C14H23NO2. The molecule has 1 rings (SSSR count). The van der Waals surface area contributed by atoms with Gasteiger partial charge >= 0.3 is 0 Å². The molecule has 1 unspecified atom stereocenters. The van der Waals surface area contributed by atoms with Gasteiger partial charge in [-0.2, -0.15) is 0 Å². The standard InChI is InChI=1S/C14H23NO2/c1-5-15-14(11(2)3)10-17-13-8-6-12(16-4)7-9-13/h6-9,11,14-15H,5,10H2,1-4H3. The van der Waals surface area contributed by atoms with Crippen molar-refractivity contribution in [1.82, 2.24) is 5.32 Å². The molecule has 0 saturated heterocycles. The van der Waals surface area contributed by atoms with Crippen LogP contribution in [0, 0.1) is 5.92 Å². The second-order valence-electron chi connectivity index (χ2n) is 4.39. The van der Waals surface area contributed by atoms with Crippen molar-refractivity contribution < 1.29 is 9.47 Å². The van der Waals surface area contributed by atoms with Crippen LogP contribution < -0.4 is 14.8 Å². The Kier molecular flexibility index (Phi) is 5.84. The minimum Gasteiger partial charge on any atom is -0.497 e. The zero-order valence-corrected chi connectivity index (χ0v) is 11.2. The molecule has 96 valence electrons. The molecule has 1 aromatic carbocycles. The largest absolute Gasteiger partial charge is 0.497 e. The predicted octanol–water partition coefficient (Wildman–Crippen LogP) is 2.71. The first-order chi connectivity index (χ1) is 8.17. The predicted molar refractivity (Wildman–Crippen MR) is 70.8 cm³/mol. The van der Waals surface area contributed by atoms with Crippen LogP contribution in [-0.4, -0.2) is 26.3 Å². The molecule has 0 radical (unpaired) electrons. The van der Waals surface area contributed by atoms with Gasteiger partial charge in [0.2, 0.25) is 0 Å². The second-order valence-corrected chi connectivity index (χ2v) is 4.39. The van der Waals surface area contributed by atoms with E-state index < -0.39 is 0 Å². The highest BCUT2D eigenvalue weighted by Crippen LogP contribution is 2.17. The van der Waals surface area contributed by atoms with Crippen LogP contribution in [0.25, 0.3) is 0 Å². The maximum absolute atomic E-state index is 5.76. The fourth-order valence-electron chi connectivity index (χ4n) is 1.61. The Hall–Kier alpha value is -1.22. The quantitative estimate of drug-likeness (QED) is 0.791. The van der Waals surface area contributed by atoms with Gasteiger partial charge in [0.25, 0.3) is 0 Å². The molecule has 0 aliphatic rings. The number of rotatable bonds is 7. The lowest BCUT2D eigenvalue weighted by atomic mass is 10.1. The highest BCUT2D eigenvalue weighted by Gasteiger charge is 2.12. The van der Waals surface area contributed by atoms with Crippen molar-refractivity contribution >= 4 is 0 Å². The molecule has 0 saturated carbocycles. The lowest BCUT2D eigenvalue weighted by molar-refractivity contribution is 0.232. The average Bonchev–Trinajstić information content (AvgIpc) is 2.34. The van der Waals surface area contributed by atoms with Crippen LogP contribution in [-0.2, 0) is 0 Å². The van der Waals surface area contributed by atoms with E-state index in [4.69, 9.17) is 9.47 Å². The van der Waals surface area contributed by atoms with Crippen molar-refractivity contribution in [3.05, 3.63) is 24.3 Å². The number of hydrogen-bond donors (Lipinski definition) is 1. The summed E-state index contributed by atoms with van der Waals surface area (Å²) >= 11 is 0. The topological polar surface area (TPSA) is 30.5 Å². The van der Waals surface area contributed by atoms with E-state index in [1.54, 1.807) is 7.11 Å². The SMILES string of the molecule is CCNC(COc1ccc(OC)cc1)C(C)C. The molecule has 0 bridgehead atoms. The highest BCUT2D eigenvalue weighted by atomic mass is 16.5. The molecular weight excluding hydrogens is 214 g/mol. The number of benzene rings is 1. The van der Waals surface area contributed by atoms with Gasteiger partial charge < -0.3 is 14.8 Å². The van der Waals surface area contributed by atoms with Crippen LogP contribution in [0.2, 0.25) is 0 Å². The minimum absolute atomic E-state index is 0.391. The summed E-state index contributed by atoms with van der Waals surface area (Å²) < 4.78 is 10.9. The van der Waals surface area contributed by atoms with E-state index >= 15 is 0 Å². The molecule has 1 atom stereocenters. The summed E-state index contributed by atoms with van der Waals surface area (Å²) in [4.78, 5) is 0. The fourth-order valence-corrected chi connectivity index (χ4v) is 1.61. The third kappa shape index (κ3) is 4.65. The summed E-state index contributed by atoms with van der Waals surface area (Å²) in [5.41, 5.74) is 0. The number of likely N-dealkylation sites (N-methyl/N-ethyl adjacent to an activating group) is 1. The number of methoxy groups -OCH3 is 1. The van der Waals surface area contributed by atoms with Crippen molar-refractivity contribution in [1.29, 1.82) is 0 Å². The lowest BCUT2D eigenvalue weighted by Gasteiger charge is -2.22. The zero-order chi connectivity index (χ0) is 12.7. The third-order valence-electron chi connectivity index (χ3n) is 2.76. The molecule has 3 heteroatoms. The number of ether oxygens (including phenoxy) is 2. The van der Waals surface area contributed by atoms with Crippen molar-refractivity contribution in [3.63, 3.8) is 0 Å². The van der Waals surface area contributed by atoms with Crippen molar-refractivity contribution in [3.8, 4) is 11.5 Å². The molecule has 0 aliphatic carbocycles. The Morgan fingerprint density at radius 3 is 2.18 bits per heavy atom. The Morgan fingerprint density at radius 1 is 1.12 bits per heavy atom. The van der Waals surface area contributed by atoms with Crippen molar-refractivity contribution in [2.45, 2.75) is 26.8 Å². The Bertz CT molecular complexity index is 309. The summed E-state index contributed by atoms with van der Waals surface area (Å²) in [5.74, 6) is 2.30. The van der Waals surface area contributed by atoms with Crippen LogP contribution >= 0.6 is 0 Å². The second kappa shape index (κ2) is 7.17. The molecule has 1 aromatic rings. The maximum atomic E-state index is 5.76. The fraction of sp³-hybridized carbons (Fsp3) is 0.571. The minimum atomic E-state index is 0.391. The molecule has 0 aliphatic heterocycles. The van der Waals surface area contributed by atoms with Crippen LogP contribution in [0.15, 0.2) is 24.3 Å². The monoisotopic (exact) mass is 237 g/mol. The lowest BCUT2D eigenvalue weighted by Crippen LogP contribution is -2.38. The molecule has 0 heterocycles. The molecule has 1 N–H and O–H groups in total. The van der Waals surface area contributed by atoms with Gasteiger partial charge in [0.15, 0.2) is 0 Å². The number of nitrogens with one attached hydrogen (secondary N) is 1. The van der Waals surface area contributed by atoms with Crippen molar-refractivity contribution in [2.75, 3.05) is 20.3 Å². The average molecular weight is 237 g/mol. The first kappa shape index (κ1) is 13.8. The normalized spacial score (nSPS) is 12.5. The number of hydrogen-bond acceptors (Lipinski definition) is 3. The zero-order valence-electron chi connectivity index (χ0n) is 11.2. The molecule has 0 spiro atoms. The summed E-state index contributed by atoms with van der Waals surface area (Å²) in [5, 5.41) is 3.43. The van der Waals surface area contributed by atoms with E-state index in [9.17, 15) is 0 Å². The van der Waals surface area contributed by atoms with Crippen LogP contribution in [0.1, 0.15) is 20.8 Å². The van der Waals surface area contributed by atoms with Crippen LogP contribution in [0.5, 0.6) is 11.5 Å².